The predicted octanol–water partition coefficient (Wildman–Crippen LogP) is 4.75. The van der Waals surface area contributed by atoms with Crippen molar-refractivity contribution in [3.05, 3.63) is 59.5 Å². The van der Waals surface area contributed by atoms with Crippen LogP contribution in [-0.4, -0.2) is 53.1 Å². The second-order valence-corrected chi connectivity index (χ2v) is 8.79. The van der Waals surface area contributed by atoms with Crippen molar-refractivity contribution in [1.82, 2.24) is 25.7 Å². The number of alkyl halides is 3. The number of benzene rings is 2. The molecule has 3 N–H and O–H groups in total. The molecule has 0 saturated carbocycles. The third-order valence-electron chi connectivity index (χ3n) is 5.83. The smallest absolute Gasteiger partial charge is 0.490 e. The van der Waals surface area contributed by atoms with Crippen LogP contribution < -0.4 is 14.8 Å². The van der Waals surface area contributed by atoms with Gasteiger partial charge in [0.1, 0.15) is 29.9 Å². The van der Waals surface area contributed by atoms with Gasteiger partial charge in [-0.2, -0.15) is 20.7 Å². The normalized spacial score (nSPS) is 11.3. The van der Waals surface area contributed by atoms with E-state index in [0.717, 1.165) is 29.3 Å². The maximum atomic E-state index is 12.6. The van der Waals surface area contributed by atoms with Crippen LogP contribution in [0.3, 0.4) is 0 Å². The number of nitrogens with zero attached hydrogens (tertiary/aromatic N) is 4. The number of hydrogen-bond donors (Lipinski definition) is 3. The lowest BCUT2D eigenvalue weighted by Crippen LogP contribution is -2.18. The molecule has 0 unspecified atom stereocenters. The first-order chi connectivity index (χ1) is 19.4. The number of nitriles is 2. The molecule has 2 heterocycles. The van der Waals surface area contributed by atoms with Gasteiger partial charge in [0.05, 0.1) is 42.4 Å². The van der Waals surface area contributed by atoms with Gasteiger partial charge >= 0.3 is 6.36 Å². The third-order valence-corrected chi connectivity index (χ3v) is 5.83. The number of aromatic nitrogens is 4. The zero-order valence-corrected chi connectivity index (χ0v) is 21.3. The molecule has 4 rings (SSSR count). The maximum absolute atomic E-state index is 12.6. The van der Waals surface area contributed by atoms with E-state index in [1.165, 1.54) is 12.1 Å². The highest BCUT2D eigenvalue weighted by atomic mass is 19.4. The number of halogens is 3. The van der Waals surface area contributed by atoms with Gasteiger partial charge in [0, 0.05) is 18.7 Å². The first kappa shape index (κ1) is 28.4. The van der Waals surface area contributed by atoms with Crippen LogP contribution in [0, 0.1) is 22.7 Å². The standard InChI is InChI=1S/C27H26F3N7O3/c28-27(29,30)40-21-10-18(3-4-31)9-19(11-21)15-33-5-1-2-6-38-7-8-39-26-13-20(12-24-23(26)17-35-36-24)22-16-34-37-25(22)14-32/h9-13,16-17,33H,1-3,5-8,15H2,(H,34,37)(H,35,36). The fraction of sp³-hybridized carbons (Fsp3) is 0.333. The molecule has 0 amide bonds. The molecule has 208 valence electrons. The Morgan fingerprint density at radius 2 is 1.75 bits per heavy atom. The Bertz CT molecular complexity index is 1500. The number of nitrogens with one attached hydrogen (secondary N) is 3. The van der Waals surface area contributed by atoms with Gasteiger partial charge in [0.15, 0.2) is 0 Å². The molecule has 40 heavy (non-hydrogen) atoms. The highest BCUT2D eigenvalue weighted by molar-refractivity contribution is 5.90. The van der Waals surface area contributed by atoms with E-state index in [-0.39, 0.29) is 12.2 Å². The van der Waals surface area contributed by atoms with Gasteiger partial charge < -0.3 is 19.5 Å². The molecule has 0 aliphatic carbocycles. The van der Waals surface area contributed by atoms with Gasteiger partial charge in [0.25, 0.3) is 0 Å². The lowest BCUT2D eigenvalue weighted by Gasteiger charge is -2.12. The van der Waals surface area contributed by atoms with Crippen molar-refractivity contribution in [3.8, 4) is 34.8 Å². The van der Waals surface area contributed by atoms with E-state index in [9.17, 15) is 18.4 Å². The monoisotopic (exact) mass is 553 g/mol. The fourth-order valence-corrected chi connectivity index (χ4v) is 4.10. The average Bonchev–Trinajstić information content (AvgIpc) is 3.58. The van der Waals surface area contributed by atoms with E-state index >= 15 is 0 Å². The van der Waals surface area contributed by atoms with Gasteiger partial charge in [0.2, 0.25) is 0 Å². The number of aromatic amines is 2. The van der Waals surface area contributed by atoms with E-state index in [2.05, 4.69) is 36.5 Å². The quantitative estimate of drug-likeness (QED) is 0.190. The van der Waals surface area contributed by atoms with Crippen LogP contribution in [0.5, 0.6) is 11.5 Å². The van der Waals surface area contributed by atoms with Crippen LogP contribution in [-0.2, 0) is 17.7 Å². The molecule has 2 aromatic carbocycles. The summed E-state index contributed by atoms with van der Waals surface area (Å²) in [7, 11) is 0. The lowest BCUT2D eigenvalue weighted by molar-refractivity contribution is -0.274. The number of H-pyrrole nitrogens is 2. The van der Waals surface area contributed by atoms with Crippen LogP contribution >= 0.6 is 0 Å². The zero-order valence-electron chi connectivity index (χ0n) is 21.3. The maximum Gasteiger partial charge on any atom is 0.573 e. The van der Waals surface area contributed by atoms with Gasteiger partial charge in [-0.1, -0.05) is 6.07 Å². The predicted molar refractivity (Wildman–Crippen MR) is 138 cm³/mol. The molecule has 0 aliphatic rings. The summed E-state index contributed by atoms with van der Waals surface area (Å²) in [6, 6.07) is 12.0. The van der Waals surface area contributed by atoms with E-state index < -0.39 is 6.36 Å². The Balaban J connectivity index is 1.16. The molecule has 0 atom stereocenters. The molecule has 0 aliphatic heterocycles. The average molecular weight is 554 g/mol. The summed E-state index contributed by atoms with van der Waals surface area (Å²) in [6.45, 7) is 2.20. The van der Waals surface area contributed by atoms with E-state index in [1.807, 2.05) is 18.2 Å². The van der Waals surface area contributed by atoms with Crippen molar-refractivity contribution in [2.24, 2.45) is 0 Å². The number of fused-ring (bicyclic) bond motifs is 1. The molecule has 0 fully saturated rings. The minimum Gasteiger partial charge on any atom is -0.490 e. The molecule has 0 bridgehead atoms. The molecule has 4 aromatic rings. The first-order valence-corrected chi connectivity index (χ1v) is 12.4. The number of unbranched alkanes of at least 4 members (excludes halogenated alkanes) is 1. The largest absolute Gasteiger partial charge is 0.573 e. The molecule has 2 aromatic heterocycles. The van der Waals surface area contributed by atoms with E-state index in [4.69, 9.17) is 14.7 Å². The number of ether oxygens (including phenoxy) is 3. The third kappa shape index (κ3) is 7.96. The summed E-state index contributed by atoms with van der Waals surface area (Å²) in [5.74, 6) is 0.281. The van der Waals surface area contributed by atoms with Crippen LogP contribution in [0.25, 0.3) is 22.0 Å². The van der Waals surface area contributed by atoms with Crippen molar-refractivity contribution < 1.29 is 27.4 Å². The second-order valence-electron chi connectivity index (χ2n) is 8.79. The van der Waals surface area contributed by atoms with Crippen molar-refractivity contribution in [1.29, 1.82) is 10.5 Å². The summed E-state index contributed by atoms with van der Waals surface area (Å²) >= 11 is 0. The molecular weight excluding hydrogens is 527 g/mol. The Morgan fingerprint density at radius 1 is 0.925 bits per heavy atom. The topological polar surface area (TPSA) is 145 Å². The van der Waals surface area contributed by atoms with Gasteiger partial charge in [-0.25, -0.2) is 0 Å². The number of hydrogen-bond acceptors (Lipinski definition) is 8. The van der Waals surface area contributed by atoms with Gasteiger partial charge in [-0.05, 0) is 60.3 Å². The highest BCUT2D eigenvalue weighted by Gasteiger charge is 2.31. The van der Waals surface area contributed by atoms with Crippen LogP contribution in [0.4, 0.5) is 13.2 Å². The van der Waals surface area contributed by atoms with Crippen molar-refractivity contribution in [2.75, 3.05) is 26.4 Å². The molecule has 0 spiro atoms. The van der Waals surface area contributed by atoms with Crippen LogP contribution in [0.1, 0.15) is 29.7 Å². The highest BCUT2D eigenvalue weighted by Crippen LogP contribution is 2.32. The molecule has 0 radical (unpaired) electrons. The molecule has 10 nitrogen and oxygen atoms in total. The fourth-order valence-electron chi connectivity index (χ4n) is 4.10. The second kappa shape index (κ2) is 13.5. The van der Waals surface area contributed by atoms with Crippen molar-refractivity contribution in [3.63, 3.8) is 0 Å². The summed E-state index contributed by atoms with van der Waals surface area (Å²) in [4.78, 5) is 0. The van der Waals surface area contributed by atoms with Gasteiger partial charge in [-0.15, -0.1) is 13.2 Å². The summed E-state index contributed by atoms with van der Waals surface area (Å²) in [5.41, 5.74) is 3.63. The molecular formula is C27H26F3N7O3. The zero-order chi connectivity index (χ0) is 28.4. The summed E-state index contributed by atoms with van der Waals surface area (Å²) in [5, 5.41) is 35.8. The van der Waals surface area contributed by atoms with Crippen molar-refractivity contribution >= 4 is 10.9 Å². The summed E-state index contributed by atoms with van der Waals surface area (Å²) in [6.07, 6.45) is 0.0418. The Labute approximate surface area is 227 Å². The lowest BCUT2D eigenvalue weighted by atomic mass is 10.0. The van der Waals surface area contributed by atoms with Crippen molar-refractivity contribution in [2.45, 2.75) is 32.2 Å². The molecule has 13 heteroatoms. The van der Waals surface area contributed by atoms with E-state index in [0.29, 0.717) is 61.0 Å². The van der Waals surface area contributed by atoms with Crippen LogP contribution in [0.15, 0.2) is 42.7 Å². The Morgan fingerprint density at radius 3 is 2.55 bits per heavy atom. The Hall–Kier alpha value is -4.59. The molecule has 0 saturated heterocycles. The minimum absolute atomic E-state index is 0.00594. The number of rotatable bonds is 14. The first-order valence-electron chi connectivity index (χ1n) is 12.4. The van der Waals surface area contributed by atoms with E-state index in [1.54, 1.807) is 18.5 Å². The minimum atomic E-state index is -4.79. The SMILES string of the molecule is N#CCc1cc(CNCCCCOCCOc2cc(-c3cn[nH]c3C#N)cc3[nH]ncc23)cc(OC(F)(F)F)c1. The summed E-state index contributed by atoms with van der Waals surface area (Å²) < 4.78 is 53.4. The van der Waals surface area contributed by atoms with Gasteiger partial charge in [-0.3, -0.25) is 10.2 Å². The Kier molecular flexibility index (Phi) is 9.57. The van der Waals surface area contributed by atoms with Crippen LogP contribution in [0.2, 0.25) is 0 Å².